The molecule has 0 saturated carbocycles. The number of anilines is 1. The molecule has 3 rings (SSSR count). The quantitative estimate of drug-likeness (QED) is 0.676. The maximum atomic E-state index is 11.4. The number of nitrogens with one attached hydrogen (secondary N) is 1. The Morgan fingerprint density at radius 3 is 2.94 bits per heavy atom. The number of carbonyl (C=O) groups is 1. The normalized spacial score (nSPS) is 27.4. The zero-order valence-corrected chi connectivity index (χ0v) is 9.07. The number of nitrogens with two attached hydrogens (primary N) is 1. The number of rotatable bonds is 0. The summed E-state index contributed by atoms with van der Waals surface area (Å²) < 4.78 is 0. The molecular formula is C12H15N3O. The number of hydrogen-bond acceptors (Lipinski definition) is 2. The van der Waals surface area contributed by atoms with Gasteiger partial charge in [0, 0.05) is 24.2 Å². The van der Waals surface area contributed by atoms with E-state index in [1.807, 2.05) is 18.2 Å². The van der Waals surface area contributed by atoms with Crippen LogP contribution in [0.25, 0.3) is 0 Å². The van der Waals surface area contributed by atoms with Gasteiger partial charge in [0.2, 0.25) is 0 Å². The minimum atomic E-state index is -0.351. The smallest absolute Gasteiger partial charge is 0.319 e. The summed E-state index contributed by atoms with van der Waals surface area (Å²) in [5, 5.41) is 3.38. The van der Waals surface area contributed by atoms with Gasteiger partial charge in [-0.1, -0.05) is 18.2 Å². The second kappa shape index (κ2) is 3.22. The lowest BCUT2D eigenvalue weighted by molar-refractivity contribution is 0.253. The van der Waals surface area contributed by atoms with Gasteiger partial charge in [-0.25, -0.2) is 4.79 Å². The number of urea groups is 1. The maximum Gasteiger partial charge on any atom is 0.319 e. The van der Waals surface area contributed by atoms with Gasteiger partial charge in [-0.3, -0.25) is 4.90 Å². The van der Waals surface area contributed by atoms with Gasteiger partial charge in [0.25, 0.3) is 0 Å². The molecule has 2 amide bonds. The van der Waals surface area contributed by atoms with Crippen molar-refractivity contribution in [3.63, 3.8) is 0 Å². The van der Waals surface area contributed by atoms with Gasteiger partial charge in [0.05, 0.1) is 0 Å². The Morgan fingerprint density at radius 1 is 1.44 bits per heavy atom. The van der Waals surface area contributed by atoms with E-state index in [1.165, 1.54) is 5.56 Å². The van der Waals surface area contributed by atoms with Crippen LogP contribution in [0.1, 0.15) is 12.0 Å². The molecule has 1 atom stereocenters. The van der Waals surface area contributed by atoms with E-state index in [-0.39, 0.29) is 11.4 Å². The Balaban J connectivity index is 2.11. The first-order valence-electron chi connectivity index (χ1n) is 5.60. The fourth-order valence-corrected chi connectivity index (χ4v) is 2.94. The summed E-state index contributed by atoms with van der Waals surface area (Å²) in [6.07, 6.45) is 1.08. The highest BCUT2D eigenvalue weighted by Gasteiger charge is 2.45. The fourth-order valence-electron chi connectivity index (χ4n) is 2.94. The third kappa shape index (κ3) is 1.16. The van der Waals surface area contributed by atoms with Crippen LogP contribution >= 0.6 is 0 Å². The summed E-state index contributed by atoms with van der Waals surface area (Å²) in [6.45, 7) is 2.67. The Labute approximate surface area is 94.4 Å². The highest BCUT2D eigenvalue weighted by molar-refractivity contribution is 5.94. The zero-order chi connectivity index (χ0) is 11.2. The summed E-state index contributed by atoms with van der Waals surface area (Å²) in [5.74, 6) is 0. The van der Waals surface area contributed by atoms with E-state index in [0.717, 1.165) is 25.2 Å². The minimum absolute atomic E-state index is 0.0889. The molecule has 4 heteroatoms. The van der Waals surface area contributed by atoms with E-state index >= 15 is 0 Å². The molecule has 1 spiro atoms. The van der Waals surface area contributed by atoms with Crippen molar-refractivity contribution in [2.24, 2.45) is 5.73 Å². The first-order chi connectivity index (χ1) is 7.73. The number of benzene rings is 1. The van der Waals surface area contributed by atoms with Crippen molar-refractivity contribution in [1.29, 1.82) is 0 Å². The Kier molecular flexibility index (Phi) is 1.94. The molecule has 0 bridgehead atoms. The zero-order valence-electron chi connectivity index (χ0n) is 9.07. The predicted octanol–water partition coefficient (Wildman–Crippen LogP) is 0.816. The van der Waals surface area contributed by atoms with Gasteiger partial charge in [0.15, 0.2) is 0 Å². The number of carbonyl (C=O) groups excluding carboxylic acids is 1. The van der Waals surface area contributed by atoms with Gasteiger partial charge >= 0.3 is 6.03 Å². The summed E-state index contributed by atoms with van der Waals surface area (Å²) in [7, 11) is 0. The Morgan fingerprint density at radius 2 is 2.25 bits per heavy atom. The molecule has 0 aromatic heterocycles. The van der Waals surface area contributed by atoms with Crippen molar-refractivity contribution in [3.8, 4) is 0 Å². The van der Waals surface area contributed by atoms with Crippen LogP contribution in [0.2, 0.25) is 0 Å². The SMILES string of the molecule is NC(=O)N1CC2(CCNC2)c2ccccc21. The van der Waals surface area contributed by atoms with E-state index in [4.69, 9.17) is 5.73 Å². The number of amides is 2. The molecule has 1 saturated heterocycles. The van der Waals surface area contributed by atoms with Gasteiger partial charge in [-0.15, -0.1) is 0 Å². The molecule has 0 radical (unpaired) electrons. The molecule has 2 aliphatic rings. The highest BCUT2D eigenvalue weighted by Crippen LogP contribution is 2.43. The number of nitrogens with zero attached hydrogens (tertiary/aromatic N) is 1. The van der Waals surface area contributed by atoms with Crippen molar-refractivity contribution >= 4 is 11.7 Å². The summed E-state index contributed by atoms with van der Waals surface area (Å²) >= 11 is 0. The minimum Gasteiger partial charge on any atom is -0.351 e. The van der Waals surface area contributed by atoms with Crippen LogP contribution < -0.4 is 16.0 Å². The second-order valence-electron chi connectivity index (χ2n) is 4.65. The molecule has 16 heavy (non-hydrogen) atoms. The number of hydrogen-bond donors (Lipinski definition) is 2. The van der Waals surface area contributed by atoms with Crippen LogP contribution in [0.5, 0.6) is 0 Å². The predicted molar refractivity (Wildman–Crippen MR) is 62.5 cm³/mol. The monoisotopic (exact) mass is 217 g/mol. The molecule has 84 valence electrons. The van der Waals surface area contributed by atoms with Crippen LogP contribution in [0.15, 0.2) is 24.3 Å². The van der Waals surface area contributed by atoms with Crippen LogP contribution in [0.4, 0.5) is 10.5 Å². The molecule has 1 unspecified atom stereocenters. The van der Waals surface area contributed by atoms with Crippen molar-refractivity contribution in [2.75, 3.05) is 24.5 Å². The van der Waals surface area contributed by atoms with Gasteiger partial charge in [-0.05, 0) is 24.6 Å². The first-order valence-corrected chi connectivity index (χ1v) is 5.60. The fraction of sp³-hybridized carbons (Fsp3) is 0.417. The molecule has 4 nitrogen and oxygen atoms in total. The first kappa shape index (κ1) is 9.66. The maximum absolute atomic E-state index is 11.4. The molecule has 1 fully saturated rings. The number of primary amides is 1. The molecule has 1 aromatic rings. The van der Waals surface area contributed by atoms with Gasteiger partial charge in [0.1, 0.15) is 0 Å². The Bertz CT molecular complexity index is 438. The van der Waals surface area contributed by atoms with Crippen LogP contribution in [-0.2, 0) is 5.41 Å². The summed E-state index contributed by atoms with van der Waals surface area (Å²) in [6, 6.07) is 7.73. The van der Waals surface area contributed by atoms with Gasteiger partial charge < -0.3 is 11.1 Å². The molecular weight excluding hydrogens is 202 g/mol. The van der Waals surface area contributed by atoms with Crippen LogP contribution in [-0.4, -0.2) is 25.7 Å². The standard InChI is InChI=1S/C12H15N3O/c13-11(16)15-8-12(5-6-14-7-12)9-3-1-2-4-10(9)15/h1-4,14H,5-8H2,(H2,13,16). The van der Waals surface area contributed by atoms with E-state index in [0.29, 0.717) is 6.54 Å². The number of fused-ring (bicyclic) bond motifs is 2. The lowest BCUT2D eigenvalue weighted by Crippen LogP contribution is -2.40. The lowest BCUT2D eigenvalue weighted by Gasteiger charge is -2.23. The second-order valence-corrected chi connectivity index (χ2v) is 4.65. The summed E-state index contributed by atoms with van der Waals surface area (Å²) in [4.78, 5) is 13.1. The third-order valence-corrected chi connectivity index (χ3v) is 3.74. The van der Waals surface area contributed by atoms with Gasteiger partial charge in [-0.2, -0.15) is 0 Å². The molecule has 2 aliphatic heterocycles. The largest absolute Gasteiger partial charge is 0.351 e. The molecule has 2 heterocycles. The number of para-hydroxylation sites is 1. The average molecular weight is 217 g/mol. The van der Waals surface area contributed by atoms with Crippen molar-refractivity contribution < 1.29 is 4.79 Å². The van der Waals surface area contributed by atoms with E-state index in [2.05, 4.69) is 11.4 Å². The average Bonchev–Trinajstić information content (AvgIpc) is 2.87. The topological polar surface area (TPSA) is 58.4 Å². The van der Waals surface area contributed by atoms with Crippen molar-refractivity contribution in [1.82, 2.24) is 5.32 Å². The Hall–Kier alpha value is -1.55. The van der Waals surface area contributed by atoms with E-state index in [9.17, 15) is 4.79 Å². The van der Waals surface area contributed by atoms with E-state index < -0.39 is 0 Å². The van der Waals surface area contributed by atoms with E-state index in [1.54, 1.807) is 4.90 Å². The molecule has 3 N–H and O–H groups in total. The van der Waals surface area contributed by atoms with Crippen LogP contribution in [0, 0.1) is 0 Å². The van der Waals surface area contributed by atoms with Crippen molar-refractivity contribution in [2.45, 2.75) is 11.8 Å². The molecule has 1 aromatic carbocycles. The highest BCUT2D eigenvalue weighted by atomic mass is 16.2. The van der Waals surface area contributed by atoms with Crippen LogP contribution in [0.3, 0.4) is 0 Å². The third-order valence-electron chi connectivity index (χ3n) is 3.74. The summed E-state index contributed by atoms with van der Waals surface area (Å²) in [5.41, 5.74) is 7.77. The molecule has 0 aliphatic carbocycles. The van der Waals surface area contributed by atoms with Crippen molar-refractivity contribution in [3.05, 3.63) is 29.8 Å². The lowest BCUT2D eigenvalue weighted by atomic mass is 9.82.